The smallest absolute Gasteiger partial charge is 0.186 e. The maximum Gasteiger partial charge on any atom is 0.186 e. The molecule has 5 aromatic rings. The van der Waals surface area contributed by atoms with Crippen molar-refractivity contribution in [3.63, 3.8) is 0 Å². The lowest BCUT2D eigenvalue weighted by molar-refractivity contribution is 0.564. The molecule has 0 fully saturated rings. The summed E-state index contributed by atoms with van der Waals surface area (Å²) in [5.41, 5.74) is 12.0. The van der Waals surface area contributed by atoms with Crippen molar-refractivity contribution in [2.45, 2.75) is 39.9 Å². The van der Waals surface area contributed by atoms with Gasteiger partial charge in [0.2, 0.25) is 0 Å². The summed E-state index contributed by atoms with van der Waals surface area (Å²) in [5, 5.41) is 13.3. The molecule has 0 aliphatic carbocycles. The van der Waals surface area contributed by atoms with E-state index >= 15 is 0 Å². The number of pyridine rings is 1. The zero-order valence-electron chi connectivity index (χ0n) is 19.5. The average molecular weight is 454 g/mol. The Bertz CT molecular complexity index is 1400. The van der Waals surface area contributed by atoms with Crippen molar-refractivity contribution in [1.82, 2.24) is 34.5 Å². The van der Waals surface area contributed by atoms with E-state index in [-0.39, 0.29) is 6.04 Å². The minimum Gasteiger partial charge on any atom is -0.384 e. The number of hydrogen-bond donors (Lipinski definition) is 2. The van der Waals surface area contributed by atoms with E-state index in [1.807, 2.05) is 47.7 Å². The SMILES string of the molecule is Cc1cc(N)nc(C)c1CNc1ncnc2nn(Cc3ccc(C(C)n4cccn4)cc3)cc12. The predicted molar refractivity (Wildman–Crippen MR) is 132 cm³/mol. The van der Waals surface area contributed by atoms with E-state index in [9.17, 15) is 0 Å². The third-order valence-corrected chi connectivity index (χ3v) is 6.10. The first-order chi connectivity index (χ1) is 16.5. The fourth-order valence-electron chi connectivity index (χ4n) is 4.18. The van der Waals surface area contributed by atoms with E-state index < -0.39 is 0 Å². The molecule has 34 heavy (non-hydrogen) atoms. The normalized spacial score (nSPS) is 12.2. The summed E-state index contributed by atoms with van der Waals surface area (Å²) >= 11 is 0. The van der Waals surface area contributed by atoms with Crippen LogP contribution in [0, 0.1) is 13.8 Å². The van der Waals surface area contributed by atoms with Crippen LogP contribution in [0.15, 0.2) is 61.3 Å². The maximum absolute atomic E-state index is 5.85. The topological polar surface area (TPSA) is 112 Å². The van der Waals surface area contributed by atoms with Gasteiger partial charge in [0.1, 0.15) is 18.0 Å². The molecule has 9 heteroatoms. The third-order valence-electron chi connectivity index (χ3n) is 6.10. The number of nitrogens with two attached hydrogens (primary N) is 1. The first kappa shape index (κ1) is 21.6. The minimum atomic E-state index is 0.184. The van der Waals surface area contributed by atoms with Crippen LogP contribution in [0.5, 0.6) is 0 Å². The van der Waals surface area contributed by atoms with E-state index in [1.54, 1.807) is 6.20 Å². The second-order valence-electron chi connectivity index (χ2n) is 8.47. The zero-order chi connectivity index (χ0) is 23.7. The van der Waals surface area contributed by atoms with Crippen molar-refractivity contribution in [3.8, 4) is 0 Å². The summed E-state index contributed by atoms with van der Waals surface area (Å²) in [4.78, 5) is 13.2. The van der Waals surface area contributed by atoms with Crippen LogP contribution in [-0.2, 0) is 13.1 Å². The van der Waals surface area contributed by atoms with Crippen LogP contribution in [0.25, 0.3) is 11.0 Å². The number of nitrogens with zero attached hydrogens (tertiary/aromatic N) is 7. The van der Waals surface area contributed by atoms with Gasteiger partial charge in [0.05, 0.1) is 18.0 Å². The summed E-state index contributed by atoms with van der Waals surface area (Å²) in [6.45, 7) is 7.38. The largest absolute Gasteiger partial charge is 0.384 e. The van der Waals surface area contributed by atoms with E-state index in [0.717, 1.165) is 33.6 Å². The Labute approximate surface area is 197 Å². The van der Waals surface area contributed by atoms with Gasteiger partial charge >= 0.3 is 0 Å². The predicted octanol–water partition coefficient (Wildman–Crippen LogP) is 3.89. The number of aryl methyl sites for hydroxylation is 2. The summed E-state index contributed by atoms with van der Waals surface area (Å²) in [7, 11) is 0. The van der Waals surface area contributed by atoms with Gasteiger partial charge in [0, 0.05) is 30.8 Å². The van der Waals surface area contributed by atoms with Crippen molar-refractivity contribution in [2.75, 3.05) is 11.1 Å². The van der Waals surface area contributed by atoms with Crippen molar-refractivity contribution in [1.29, 1.82) is 0 Å². The molecule has 0 aliphatic rings. The van der Waals surface area contributed by atoms with Gasteiger partial charge in [-0.25, -0.2) is 15.0 Å². The quantitative estimate of drug-likeness (QED) is 0.384. The van der Waals surface area contributed by atoms with Crippen LogP contribution >= 0.6 is 0 Å². The molecule has 9 nitrogen and oxygen atoms in total. The van der Waals surface area contributed by atoms with Crippen molar-refractivity contribution >= 4 is 22.7 Å². The van der Waals surface area contributed by atoms with Crippen LogP contribution in [0.1, 0.15) is 40.9 Å². The maximum atomic E-state index is 5.85. The average Bonchev–Trinajstić information content (AvgIpc) is 3.49. The number of benzene rings is 1. The number of nitrogens with one attached hydrogen (secondary N) is 1. The Kier molecular flexibility index (Phi) is 5.67. The Morgan fingerprint density at radius 1 is 1.12 bits per heavy atom. The van der Waals surface area contributed by atoms with Crippen LogP contribution in [0.2, 0.25) is 0 Å². The molecular weight excluding hydrogens is 426 g/mol. The van der Waals surface area contributed by atoms with E-state index in [0.29, 0.717) is 24.6 Å². The molecule has 0 bridgehead atoms. The molecular formula is C25H27N9. The molecule has 0 spiro atoms. The first-order valence-electron chi connectivity index (χ1n) is 11.2. The molecule has 1 aromatic carbocycles. The molecule has 1 unspecified atom stereocenters. The lowest BCUT2D eigenvalue weighted by atomic mass is 10.1. The molecule has 0 saturated carbocycles. The number of rotatable bonds is 7. The minimum absolute atomic E-state index is 0.184. The lowest BCUT2D eigenvalue weighted by Gasteiger charge is -2.13. The Morgan fingerprint density at radius 2 is 1.94 bits per heavy atom. The van der Waals surface area contributed by atoms with Gasteiger partial charge in [-0.1, -0.05) is 24.3 Å². The molecule has 1 atom stereocenters. The van der Waals surface area contributed by atoms with Crippen LogP contribution in [-0.4, -0.2) is 34.5 Å². The second kappa shape index (κ2) is 8.93. The van der Waals surface area contributed by atoms with Gasteiger partial charge in [0.25, 0.3) is 0 Å². The van der Waals surface area contributed by atoms with E-state index in [4.69, 9.17) is 5.73 Å². The Balaban J connectivity index is 1.32. The Hall–Kier alpha value is -4.27. The van der Waals surface area contributed by atoms with Gasteiger partial charge < -0.3 is 11.1 Å². The summed E-state index contributed by atoms with van der Waals surface area (Å²) in [6, 6.07) is 12.6. The highest BCUT2D eigenvalue weighted by Gasteiger charge is 2.12. The van der Waals surface area contributed by atoms with Crippen molar-refractivity contribution in [2.24, 2.45) is 0 Å². The van der Waals surface area contributed by atoms with E-state index in [2.05, 4.69) is 61.7 Å². The Morgan fingerprint density at radius 3 is 2.68 bits per heavy atom. The van der Waals surface area contributed by atoms with Crippen molar-refractivity contribution in [3.05, 3.63) is 89.3 Å². The fraction of sp³-hybridized carbons (Fsp3) is 0.240. The third kappa shape index (κ3) is 4.32. The van der Waals surface area contributed by atoms with Gasteiger partial charge in [-0.2, -0.15) is 10.2 Å². The first-order valence-corrected chi connectivity index (χ1v) is 11.2. The highest BCUT2D eigenvalue weighted by atomic mass is 15.3. The molecule has 4 heterocycles. The van der Waals surface area contributed by atoms with Crippen LogP contribution < -0.4 is 11.1 Å². The molecule has 0 aliphatic heterocycles. The van der Waals surface area contributed by atoms with Gasteiger partial charge in [0.15, 0.2) is 5.65 Å². The fourth-order valence-corrected chi connectivity index (χ4v) is 4.18. The van der Waals surface area contributed by atoms with Gasteiger partial charge in [-0.05, 0) is 55.2 Å². The summed E-state index contributed by atoms with van der Waals surface area (Å²) < 4.78 is 3.85. The summed E-state index contributed by atoms with van der Waals surface area (Å²) in [5.74, 6) is 1.28. The van der Waals surface area contributed by atoms with E-state index in [1.165, 1.54) is 11.9 Å². The summed E-state index contributed by atoms with van der Waals surface area (Å²) in [6.07, 6.45) is 7.30. The molecule has 0 saturated heterocycles. The molecule has 0 amide bonds. The molecule has 0 radical (unpaired) electrons. The second-order valence-corrected chi connectivity index (χ2v) is 8.47. The zero-order valence-corrected chi connectivity index (χ0v) is 19.5. The number of hydrogen-bond acceptors (Lipinski definition) is 7. The number of anilines is 2. The molecule has 172 valence electrons. The monoisotopic (exact) mass is 453 g/mol. The molecule has 5 rings (SSSR count). The highest BCUT2D eigenvalue weighted by Crippen LogP contribution is 2.22. The van der Waals surface area contributed by atoms with Gasteiger partial charge in [-0.15, -0.1) is 0 Å². The standard InChI is InChI=1S/C25H27N9/c1-16-11-23(26)31-17(2)21(16)12-27-24-22-14-33(32-25(22)29-15-28-24)13-19-5-7-20(8-6-19)18(3)34-10-4-9-30-34/h4-11,14-15,18H,12-13H2,1-3H3,(H2,26,31)(H,27,28,29,32). The van der Waals surface area contributed by atoms with Crippen LogP contribution in [0.4, 0.5) is 11.6 Å². The van der Waals surface area contributed by atoms with Crippen molar-refractivity contribution < 1.29 is 0 Å². The van der Waals surface area contributed by atoms with Crippen LogP contribution in [0.3, 0.4) is 0 Å². The number of fused-ring (bicyclic) bond motifs is 1. The molecule has 4 aromatic heterocycles. The number of aromatic nitrogens is 7. The number of nitrogen functional groups attached to an aromatic ring is 1. The highest BCUT2D eigenvalue weighted by molar-refractivity contribution is 5.85. The lowest BCUT2D eigenvalue weighted by Crippen LogP contribution is -2.08. The molecule has 3 N–H and O–H groups in total. The van der Waals surface area contributed by atoms with Gasteiger partial charge in [-0.3, -0.25) is 9.36 Å².